The Bertz CT molecular complexity index is 395. The third-order valence-electron chi connectivity index (χ3n) is 2.20. The van der Waals surface area contributed by atoms with Gasteiger partial charge in [0, 0.05) is 11.4 Å². The molecule has 1 N–H and O–H groups in total. The van der Waals surface area contributed by atoms with E-state index in [9.17, 15) is 9.59 Å². The second-order valence-electron chi connectivity index (χ2n) is 3.00. The molecule has 0 saturated heterocycles. The minimum Gasteiger partial charge on any atom is -0.325 e. The minimum atomic E-state index is -0.169. The molecule has 2 amide bonds. The molecule has 0 unspecified atom stereocenters. The highest BCUT2D eigenvalue weighted by Gasteiger charge is 2.40. The third-order valence-corrected chi connectivity index (χ3v) is 3.36. The molecule has 68 valence electrons. The number of hydrogen-bond acceptors (Lipinski definition) is 2. The van der Waals surface area contributed by atoms with E-state index in [0.717, 1.165) is 5.70 Å². The van der Waals surface area contributed by atoms with Crippen molar-refractivity contribution in [2.24, 2.45) is 0 Å². The van der Waals surface area contributed by atoms with Crippen LogP contribution in [0.3, 0.4) is 0 Å². The molecule has 0 radical (unpaired) electrons. The summed E-state index contributed by atoms with van der Waals surface area (Å²) in [6.45, 7) is 3.51. The first-order chi connectivity index (χ1) is 6.04. The summed E-state index contributed by atoms with van der Waals surface area (Å²) in [5, 5.41) is 2.63. The lowest BCUT2D eigenvalue weighted by molar-refractivity contribution is -0.119. The van der Waals surface area contributed by atoms with Crippen molar-refractivity contribution in [3.8, 4) is 0 Å². The van der Waals surface area contributed by atoms with Gasteiger partial charge in [-0.3, -0.25) is 12.7 Å². The van der Waals surface area contributed by atoms with Crippen molar-refractivity contribution < 1.29 is 9.59 Å². The normalized spacial score (nSPS) is 21.6. The fourth-order valence-electron chi connectivity index (χ4n) is 1.56. The number of nitrogens with zero attached hydrogens (tertiary/aromatic N) is 1. The molecule has 0 saturated carbocycles. The second kappa shape index (κ2) is 2.57. The van der Waals surface area contributed by atoms with Crippen LogP contribution in [0.15, 0.2) is 22.5 Å². The molecule has 2 rings (SSSR count). The van der Waals surface area contributed by atoms with Crippen molar-refractivity contribution in [2.75, 3.05) is 0 Å². The topological polar surface area (TPSA) is 49.4 Å². The molecule has 5 heteroatoms. The van der Waals surface area contributed by atoms with Gasteiger partial charge in [0.1, 0.15) is 0 Å². The molecule has 2 aliphatic rings. The summed E-state index contributed by atoms with van der Waals surface area (Å²) in [5.74, 6) is -0.276. The van der Waals surface area contributed by atoms with Gasteiger partial charge >= 0.3 is 0 Å². The maximum absolute atomic E-state index is 11.6. The molecule has 13 heavy (non-hydrogen) atoms. The summed E-state index contributed by atoms with van der Waals surface area (Å²) in [4.78, 5) is 23.0. The molecule has 0 atom stereocenters. The van der Waals surface area contributed by atoms with Crippen LogP contribution in [-0.2, 0) is 9.59 Å². The van der Waals surface area contributed by atoms with Gasteiger partial charge in [0.25, 0.3) is 11.8 Å². The van der Waals surface area contributed by atoms with Gasteiger partial charge in [-0.15, -0.1) is 0 Å². The van der Waals surface area contributed by atoms with Crippen molar-refractivity contribution in [1.29, 1.82) is 0 Å². The molecule has 2 aliphatic heterocycles. The van der Waals surface area contributed by atoms with E-state index in [4.69, 9.17) is 0 Å². The lowest BCUT2D eigenvalue weighted by Gasteiger charge is -2.07. The molecule has 0 aromatic rings. The Hall–Kier alpha value is -0.850. The molecule has 0 spiro atoms. The van der Waals surface area contributed by atoms with Crippen LogP contribution in [0.25, 0.3) is 0 Å². The smallest absolute Gasteiger partial charge is 0.269 e. The van der Waals surface area contributed by atoms with E-state index in [1.54, 1.807) is 13.8 Å². The number of carbonyl (C=O) groups is 2. The molecule has 2 heterocycles. The van der Waals surface area contributed by atoms with Crippen molar-refractivity contribution in [3.05, 3.63) is 22.5 Å². The first-order valence-electron chi connectivity index (χ1n) is 3.77. The standard InChI is InChI=1S/C8H7IN2O2/c1-3-5-6(7(12)10-3)4(2)11(9)8(5)13/h1-2H3,(H,10,12). The van der Waals surface area contributed by atoms with Crippen LogP contribution in [0.2, 0.25) is 0 Å². The first kappa shape index (κ1) is 8.74. The van der Waals surface area contributed by atoms with E-state index < -0.39 is 0 Å². The summed E-state index contributed by atoms with van der Waals surface area (Å²) in [7, 11) is 0. The molecular formula is C8H7IN2O2. The predicted molar refractivity (Wildman–Crippen MR) is 54.4 cm³/mol. The summed E-state index contributed by atoms with van der Waals surface area (Å²) >= 11 is 1.90. The molecule has 0 bridgehead atoms. The van der Waals surface area contributed by atoms with Crippen LogP contribution >= 0.6 is 22.9 Å². The zero-order chi connectivity index (χ0) is 9.75. The summed E-state index contributed by atoms with van der Waals surface area (Å²) in [6, 6.07) is 0. The van der Waals surface area contributed by atoms with Gasteiger partial charge in [-0.25, -0.2) is 0 Å². The Labute approximate surface area is 89.2 Å². The number of rotatable bonds is 0. The number of hydrogen-bond donors (Lipinski definition) is 1. The SMILES string of the molecule is CC1=C2C(=O)N(I)C(C)=C2C(=O)N1. The van der Waals surface area contributed by atoms with Crippen LogP contribution in [-0.4, -0.2) is 14.9 Å². The van der Waals surface area contributed by atoms with Crippen molar-refractivity contribution in [2.45, 2.75) is 13.8 Å². The van der Waals surface area contributed by atoms with E-state index in [-0.39, 0.29) is 11.8 Å². The fourth-order valence-corrected chi connectivity index (χ4v) is 2.04. The molecule has 4 nitrogen and oxygen atoms in total. The fraction of sp³-hybridized carbons (Fsp3) is 0.250. The Kier molecular flexibility index (Phi) is 1.73. The van der Waals surface area contributed by atoms with Gasteiger partial charge in [-0.1, -0.05) is 0 Å². The van der Waals surface area contributed by atoms with Gasteiger partial charge in [0.2, 0.25) is 0 Å². The van der Waals surface area contributed by atoms with Crippen LogP contribution in [0.4, 0.5) is 0 Å². The highest BCUT2D eigenvalue weighted by Crippen LogP contribution is 2.36. The third kappa shape index (κ3) is 0.962. The first-order valence-corrected chi connectivity index (χ1v) is 4.74. The quantitative estimate of drug-likeness (QED) is 0.531. The molecular weight excluding hydrogens is 283 g/mol. The number of allylic oxidation sites excluding steroid dienone is 2. The summed E-state index contributed by atoms with van der Waals surface area (Å²) in [6.07, 6.45) is 0. The second-order valence-corrected chi connectivity index (χ2v) is 3.97. The zero-order valence-corrected chi connectivity index (χ0v) is 9.30. The maximum atomic E-state index is 11.6. The molecule has 0 aromatic heterocycles. The Morgan fingerprint density at radius 1 is 1.23 bits per heavy atom. The monoisotopic (exact) mass is 290 g/mol. The largest absolute Gasteiger partial charge is 0.325 e. The van der Waals surface area contributed by atoms with E-state index in [2.05, 4.69) is 5.32 Å². The Morgan fingerprint density at radius 2 is 1.85 bits per heavy atom. The van der Waals surface area contributed by atoms with Crippen LogP contribution in [0.5, 0.6) is 0 Å². The van der Waals surface area contributed by atoms with Crippen molar-refractivity contribution in [3.63, 3.8) is 0 Å². The van der Waals surface area contributed by atoms with Crippen LogP contribution in [0, 0.1) is 0 Å². The van der Waals surface area contributed by atoms with E-state index in [1.807, 2.05) is 22.9 Å². The molecule has 0 fully saturated rings. The number of carbonyl (C=O) groups excluding carboxylic acids is 2. The number of halogens is 1. The van der Waals surface area contributed by atoms with Gasteiger partial charge in [-0.2, -0.15) is 0 Å². The minimum absolute atomic E-state index is 0.107. The highest BCUT2D eigenvalue weighted by atomic mass is 127. The van der Waals surface area contributed by atoms with E-state index in [0.29, 0.717) is 16.8 Å². The number of nitrogens with one attached hydrogen (secondary N) is 1. The number of fused-ring (bicyclic) bond motifs is 1. The van der Waals surface area contributed by atoms with Gasteiger partial charge < -0.3 is 5.32 Å². The lowest BCUT2D eigenvalue weighted by atomic mass is 10.1. The van der Waals surface area contributed by atoms with Crippen LogP contribution in [0.1, 0.15) is 13.8 Å². The summed E-state index contributed by atoms with van der Waals surface area (Å²) in [5.41, 5.74) is 2.42. The van der Waals surface area contributed by atoms with E-state index >= 15 is 0 Å². The van der Waals surface area contributed by atoms with Crippen LogP contribution < -0.4 is 5.32 Å². The highest BCUT2D eigenvalue weighted by molar-refractivity contribution is 14.1. The predicted octanol–water partition coefficient (Wildman–Crippen LogP) is 0.856. The Balaban J connectivity index is 2.66. The van der Waals surface area contributed by atoms with E-state index in [1.165, 1.54) is 3.11 Å². The molecule has 0 aromatic carbocycles. The lowest BCUT2D eigenvalue weighted by Crippen LogP contribution is -2.19. The maximum Gasteiger partial charge on any atom is 0.269 e. The van der Waals surface area contributed by atoms with Gasteiger partial charge in [0.05, 0.1) is 34.0 Å². The average Bonchev–Trinajstić information content (AvgIpc) is 2.47. The molecule has 0 aliphatic carbocycles. The Morgan fingerprint density at radius 3 is 2.38 bits per heavy atom. The van der Waals surface area contributed by atoms with Gasteiger partial charge in [0.15, 0.2) is 0 Å². The average molecular weight is 290 g/mol. The van der Waals surface area contributed by atoms with Crippen molar-refractivity contribution in [1.82, 2.24) is 8.43 Å². The van der Waals surface area contributed by atoms with Crippen molar-refractivity contribution >= 4 is 34.7 Å². The summed E-state index contributed by atoms with van der Waals surface area (Å²) < 4.78 is 1.48. The number of amides is 2. The van der Waals surface area contributed by atoms with Gasteiger partial charge in [-0.05, 0) is 13.8 Å². The zero-order valence-electron chi connectivity index (χ0n) is 7.14.